The average Bonchev–Trinajstić information content (AvgIpc) is 2.72. The van der Waals surface area contributed by atoms with Gasteiger partial charge in [-0.25, -0.2) is 12.8 Å². The van der Waals surface area contributed by atoms with Crippen molar-refractivity contribution in [3.63, 3.8) is 0 Å². The maximum atomic E-state index is 13.6. The topological polar surface area (TPSA) is 78.5 Å². The van der Waals surface area contributed by atoms with E-state index in [0.29, 0.717) is 30.6 Å². The van der Waals surface area contributed by atoms with Crippen molar-refractivity contribution in [2.45, 2.75) is 33.4 Å². The number of aryl methyl sites for hydroxylation is 1. The summed E-state index contributed by atoms with van der Waals surface area (Å²) in [6.45, 7) is 4.47. The Hall–Kier alpha value is -2.45. The summed E-state index contributed by atoms with van der Waals surface area (Å²) in [5, 5.41) is 5.92. The van der Waals surface area contributed by atoms with Crippen molar-refractivity contribution < 1.29 is 17.6 Å². The summed E-state index contributed by atoms with van der Waals surface area (Å²) in [5.74, 6) is -0.398. The number of fused-ring (bicyclic) bond motifs is 1. The maximum absolute atomic E-state index is 13.6. The first-order valence-electron chi connectivity index (χ1n) is 9.64. The van der Waals surface area contributed by atoms with Crippen LogP contribution in [0.15, 0.2) is 36.4 Å². The van der Waals surface area contributed by atoms with Gasteiger partial charge in [0.1, 0.15) is 5.82 Å². The van der Waals surface area contributed by atoms with Crippen LogP contribution in [0.25, 0.3) is 0 Å². The van der Waals surface area contributed by atoms with E-state index in [1.807, 2.05) is 18.2 Å². The lowest BCUT2D eigenvalue weighted by atomic mass is 9.99. The van der Waals surface area contributed by atoms with Gasteiger partial charge in [-0.2, -0.15) is 4.31 Å². The maximum Gasteiger partial charge on any atom is 0.239 e. The average molecular weight is 420 g/mol. The molecule has 0 aliphatic carbocycles. The number of benzene rings is 2. The van der Waals surface area contributed by atoms with Gasteiger partial charge in [0.25, 0.3) is 0 Å². The van der Waals surface area contributed by atoms with Crippen molar-refractivity contribution in [1.29, 1.82) is 0 Å². The number of sulfonamides is 1. The standard InChI is InChI=1S/C21H26FN3O3S/c1-3-29(27,28)25-10-9-18-17(14-25)5-4-6-20(18)23-13-21(26)24-12-16-8-7-15(2)19(22)11-16/h4-8,11,23H,3,9-10,12-14H2,1-2H3,(H,24,26). The molecule has 0 saturated heterocycles. The van der Waals surface area contributed by atoms with Crippen LogP contribution in [0.3, 0.4) is 0 Å². The van der Waals surface area contributed by atoms with Crippen molar-refractivity contribution in [3.05, 3.63) is 64.5 Å². The van der Waals surface area contributed by atoms with Crippen molar-refractivity contribution in [3.8, 4) is 0 Å². The van der Waals surface area contributed by atoms with Gasteiger partial charge < -0.3 is 10.6 Å². The number of hydrogen-bond donors (Lipinski definition) is 2. The quantitative estimate of drug-likeness (QED) is 0.723. The fraction of sp³-hybridized carbons (Fsp3) is 0.381. The molecular weight excluding hydrogens is 393 g/mol. The summed E-state index contributed by atoms with van der Waals surface area (Å²) >= 11 is 0. The van der Waals surface area contributed by atoms with E-state index in [-0.39, 0.29) is 30.6 Å². The molecule has 1 aliphatic rings. The zero-order valence-electron chi connectivity index (χ0n) is 16.7. The molecule has 156 valence electrons. The monoisotopic (exact) mass is 419 g/mol. The number of rotatable bonds is 7. The number of nitrogens with zero attached hydrogens (tertiary/aromatic N) is 1. The molecule has 0 aromatic heterocycles. The van der Waals surface area contributed by atoms with Gasteiger partial charge in [-0.15, -0.1) is 0 Å². The fourth-order valence-corrected chi connectivity index (χ4v) is 4.42. The normalized spacial score (nSPS) is 14.3. The van der Waals surface area contributed by atoms with E-state index in [1.54, 1.807) is 26.0 Å². The first-order valence-corrected chi connectivity index (χ1v) is 11.2. The second kappa shape index (κ2) is 8.92. The van der Waals surface area contributed by atoms with Gasteiger partial charge in [-0.3, -0.25) is 4.79 Å². The zero-order chi connectivity index (χ0) is 21.0. The predicted molar refractivity (Wildman–Crippen MR) is 111 cm³/mol. The predicted octanol–water partition coefficient (Wildman–Crippen LogP) is 2.57. The Kier molecular flexibility index (Phi) is 6.54. The highest BCUT2D eigenvalue weighted by Crippen LogP contribution is 2.27. The molecule has 0 radical (unpaired) electrons. The molecule has 1 amide bonds. The molecule has 2 N–H and O–H groups in total. The van der Waals surface area contributed by atoms with E-state index in [2.05, 4.69) is 10.6 Å². The van der Waals surface area contributed by atoms with Gasteiger partial charge in [0.2, 0.25) is 15.9 Å². The van der Waals surface area contributed by atoms with Crippen LogP contribution in [0.2, 0.25) is 0 Å². The minimum Gasteiger partial charge on any atom is -0.376 e. The van der Waals surface area contributed by atoms with Gasteiger partial charge in [0.05, 0.1) is 12.3 Å². The van der Waals surface area contributed by atoms with E-state index in [1.165, 1.54) is 10.4 Å². The van der Waals surface area contributed by atoms with Crippen LogP contribution in [0.5, 0.6) is 0 Å². The number of nitrogens with one attached hydrogen (secondary N) is 2. The molecule has 0 spiro atoms. The molecule has 0 unspecified atom stereocenters. The Bertz CT molecular complexity index is 1010. The molecule has 29 heavy (non-hydrogen) atoms. The smallest absolute Gasteiger partial charge is 0.239 e. The van der Waals surface area contributed by atoms with Crippen LogP contribution in [-0.2, 0) is 34.3 Å². The minimum absolute atomic E-state index is 0.0851. The molecule has 0 atom stereocenters. The number of amides is 1. The van der Waals surface area contributed by atoms with Crippen LogP contribution in [-0.4, -0.2) is 37.5 Å². The molecule has 2 aromatic rings. The third-order valence-electron chi connectivity index (χ3n) is 5.15. The van der Waals surface area contributed by atoms with Gasteiger partial charge in [-0.05, 0) is 54.7 Å². The molecule has 3 rings (SSSR count). The Morgan fingerprint density at radius 3 is 2.76 bits per heavy atom. The lowest BCUT2D eigenvalue weighted by molar-refractivity contribution is -0.119. The van der Waals surface area contributed by atoms with Gasteiger partial charge >= 0.3 is 0 Å². The Balaban J connectivity index is 1.58. The molecule has 6 nitrogen and oxygen atoms in total. The van der Waals surface area contributed by atoms with E-state index >= 15 is 0 Å². The number of carbonyl (C=O) groups excluding carboxylic acids is 1. The van der Waals surface area contributed by atoms with Gasteiger partial charge in [0.15, 0.2) is 0 Å². The van der Waals surface area contributed by atoms with Gasteiger partial charge in [-0.1, -0.05) is 24.3 Å². The Morgan fingerprint density at radius 2 is 2.03 bits per heavy atom. The van der Waals surface area contributed by atoms with Crippen molar-refractivity contribution in [2.24, 2.45) is 0 Å². The van der Waals surface area contributed by atoms with E-state index in [0.717, 1.165) is 16.8 Å². The summed E-state index contributed by atoms with van der Waals surface area (Å²) in [7, 11) is -3.22. The van der Waals surface area contributed by atoms with Crippen molar-refractivity contribution >= 4 is 21.6 Å². The van der Waals surface area contributed by atoms with Gasteiger partial charge in [0, 0.05) is 25.3 Å². The van der Waals surface area contributed by atoms with E-state index in [4.69, 9.17) is 0 Å². The van der Waals surface area contributed by atoms with Crippen LogP contribution >= 0.6 is 0 Å². The molecule has 8 heteroatoms. The van der Waals surface area contributed by atoms with E-state index in [9.17, 15) is 17.6 Å². The number of halogens is 1. The van der Waals surface area contributed by atoms with Crippen LogP contribution in [0.4, 0.5) is 10.1 Å². The summed E-state index contributed by atoms with van der Waals surface area (Å²) in [4.78, 5) is 12.2. The summed E-state index contributed by atoms with van der Waals surface area (Å²) in [5.41, 5.74) is 4.11. The highest BCUT2D eigenvalue weighted by molar-refractivity contribution is 7.89. The second-order valence-corrected chi connectivity index (χ2v) is 9.40. The lowest BCUT2D eigenvalue weighted by Crippen LogP contribution is -2.37. The van der Waals surface area contributed by atoms with Crippen LogP contribution in [0, 0.1) is 12.7 Å². The molecule has 0 saturated carbocycles. The molecule has 1 heterocycles. The zero-order valence-corrected chi connectivity index (χ0v) is 17.5. The molecule has 1 aliphatic heterocycles. The van der Waals surface area contributed by atoms with Crippen molar-refractivity contribution in [2.75, 3.05) is 24.2 Å². The molecule has 0 fully saturated rings. The highest BCUT2D eigenvalue weighted by Gasteiger charge is 2.26. The lowest BCUT2D eigenvalue weighted by Gasteiger charge is -2.29. The highest BCUT2D eigenvalue weighted by atomic mass is 32.2. The van der Waals surface area contributed by atoms with E-state index < -0.39 is 10.0 Å². The SMILES string of the molecule is CCS(=O)(=O)N1CCc2c(cccc2NCC(=O)NCc2ccc(C)c(F)c2)C1. The Morgan fingerprint density at radius 1 is 1.24 bits per heavy atom. The first-order chi connectivity index (χ1) is 13.8. The molecular formula is C21H26FN3O3S. The number of carbonyl (C=O) groups is 1. The summed E-state index contributed by atoms with van der Waals surface area (Å²) < 4.78 is 39.4. The molecule has 0 bridgehead atoms. The first kappa shape index (κ1) is 21.3. The number of anilines is 1. The van der Waals surface area contributed by atoms with Crippen molar-refractivity contribution in [1.82, 2.24) is 9.62 Å². The summed E-state index contributed by atoms with van der Waals surface area (Å²) in [6.07, 6.45) is 0.599. The summed E-state index contributed by atoms with van der Waals surface area (Å²) in [6, 6.07) is 10.6. The Labute approximate surface area is 171 Å². The van der Waals surface area contributed by atoms with Crippen LogP contribution in [0.1, 0.15) is 29.2 Å². The minimum atomic E-state index is -3.22. The second-order valence-electron chi connectivity index (χ2n) is 7.14. The fourth-order valence-electron chi connectivity index (χ4n) is 3.35. The number of hydrogen-bond acceptors (Lipinski definition) is 4. The molecule has 2 aromatic carbocycles. The third-order valence-corrected chi connectivity index (χ3v) is 6.98. The van der Waals surface area contributed by atoms with Crippen LogP contribution < -0.4 is 10.6 Å². The largest absolute Gasteiger partial charge is 0.376 e. The third kappa shape index (κ3) is 5.13.